The van der Waals surface area contributed by atoms with Crippen LogP contribution >= 0.6 is 11.6 Å². The highest BCUT2D eigenvalue weighted by Gasteiger charge is 2.30. The zero-order valence-electron chi connectivity index (χ0n) is 11.7. The van der Waals surface area contributed by atoms with Gasteiger partial charge in [0.05, 0.1) is 24.1 Å². The summed E-state index contributed by atoms with van der Waals surface area (Å²) < 4.78 is 1.89. The van der Waals surface area contributed by atoms with Gasteiger partial charge in [-0.1, -0.05) is 0 Å². The first kappa shape index (κ1) is 14.0. The lowest BCUT2D eigenvalue weighted by Crippen LogP contribution is -2.31. The zero-order valence-corrected chi connectivity index (χ0v) is 12.5. The fraction of sp³-hybridized carbons (Fsp3) is 0.429. The zero-order chi connectivity index (χ0) is 14.8. The fourth-order valence-electron chi connectivity index (χ4n) is 2.71. The number of nitrogens with zero attached hydrogens (tertiary/aromatic N) is 5. The number of alkyl halides is 1. The van der Waals surface area contributed by atoms with E-state index >= 15 is 0 Å². The minimum absolute atomic E-state index is 0.00296. The Labute approximate surface area is 127 Å². The van der Waals surface area contributed by atoms with Gasteiger partial charge in [-0.2, -0.15) is 0 Å². The predicted octanol–water partition coefficient (Wildman–Crippen LogP) is 1.78. The molecular formula is C14H16ClN5O. The van der Waals surface area contributed by atoms with E-state index in [1.807, 2.05) is 17.8 Å². The molecule has 21 heavy (non-hydrogen) atoms. The average Bonchev–Trinajstić information content (AvgIpc) is 3.15. The number of likely N-dealkylation sites (tertiary alicyclic amines) is 1. The van der Waals surface area contributed by atoms with Crippen LogP contribution in [-0.2, 0) is 11.8 Å². The molecule has 0 aromatic carbocycles. The summed E-state index contributed by atoms with van der Waals surface area (Å²) in [6.45, 7) is 0.727. The molecule has 7 heteroatoms. The van der Waals surface area contributed by atoms with Crippen LogP contribution in [0, 0.1) is 0 Å². The molecule has 6 nitrogen and oxygen atoms in total. The number of imidazole rings is 1. The molecule has 0 N–H and O–H groups in total. The first-order chi connectivity index (χ1) is 10.2. The maximum Gasteiger partial charge on any atom is 0.238 e. The Bertz CT molecular complexity index is 656. The molecule has 0 aliphatic carbocycles. The van der Waals surface area contributed by atoms with Crippen LogP contribution in [0.4, 0.5) is 0 Å². The Balaban J connectivity index is 1.93. The summed E-state index contributed by atoms with van der Waals surface area (Å²) in [5.74, 6) is 0.712. The second kappa shape index (κ2) is 5.81. The van der Waals surface area contributed by atoms with E-state index < -0.39 is 0 Å². The van der Waals surface area contributed by atoms with Gasteiger partial charge in [0.25, 0.3) is 0 Å². The molecule has 1 saturated heterocycles. The van der Waals surface area contributed by atoms with Gasteiger partial charge in [-0.3, -0.25) is 9.78 Å². The molecule has 1 aliphatic rings. The summed E-state index contributed by atoms with van der Waals surface area (Å²) in [7, 11) is 1.91. The normalized spacial score (nSPS) is 18.2. The first-order valence-electron chi connectivity index (χ1n) is 6.86. The van der Waals surface area contributed by atoms with Gasteiger partial charge >= 0.3 is 0 Å². The SMILES string of the molecule is Cn1ccnc1-c1cncc(C2CCCN2C(=O)CCl)n1. The monoisotopic (exact) mass is 305 g/mol. The quantitative estimate of drug-likeness (QED) is 0.811. The molecule has 1 atom stereocenters. The molecule has 0 radical (unpaired) electrons. The Morgan fingerprint density at radius 1 is 1.48 bits per heavy atom. The van der Waals surface area contributed by atoms with Crippen molar-refractivity contribution in [2.24, 2.45) is 7.05 Å². The van der Waals surface area contributed by atoms with Gasteiger partial charge in [0, 0.05) is 26.0 Å². The van der Waals surface area contributed by atoms with Crippen molar-refractivity contribution in [3.63, 3.8) is 0 Å². The maximum absolute atomic E-state index is 11.9. The van der Waals surface area contributed by atoms with E-state index in [4.69, 9.17) is 11.6 Å². The molecule has 0 bridgehead atoms. The Hall–Kier alpha value is -1.95. The molecule has 1 unspecified atom stereocenters. The number of aromatic nitrogens is 4. The number of amides is 1. The highest BCUT2D eigenvalue weighted by molar-refractivity contribution is 6.27. The molecule has 1 fully saturated rings. The molecular weight excluding hydrogens is 290 g/mol. The molecule has 1 aliphatic heterocycles. The van der Waals surface area contributed by atoms with Gasteiger partial charge in [-0.25, -0.2) is 9.97 Å². The molecule has 110 valence electrons. The first-order valence-corrected chi connectivity index (χ1v) is 7.39. The van der Waals surface area contributed by atoms with Crippen molar-refractivity contribution in [3.8, 4) is 11.5 Å². The van der Waals surface area contributed by atoms with E-state index in [0.29, 0.717) is 5.69 Å². The minimum Gasteiger partial charge on any atom is -0.333 e. The highest BCUT2D eigenvalue weighted by atomic mass is 35.5. The van der Waals surface area contributed by atoms with Crippen LogP contribution in [0.2, 0.25) is 0 Å². The van der Waals surface area contributed by atoms with Crippen molar-refractivity contribution in [2.45, 2.75) is 18.9 Å². The molecule has 3 rings (SSSR count). The second-order valence-corrected chi connectivity index (χ2v) is 5.34. The lowest BCUT2D eigenvalue weighted by Gasteiger charge is -2.23. The average molecular weight is 306 g/mol. The molecule has 2 aromatic heterocycles. The Morgan fingerprint density at radius 2 is 2.33 bits per heavy atom. The van der Waals surface area contributed by atoms with Crippen molar-refractivity contribution in [1.82, 2.24) is 24.4 Å². The topological polar surface area (TPSA) is 63.9 Å². The van der Waals surface area contributed by atoms with Gasteiger partial charge in [-0.15, -0.1) is 11.6 Å². The van der Waals surface area contributed by atoms with Gasteiger partial charge in [0.2, 0.25) is 5.91 Å². The summed E-state index contributed by atoms with van der Waals surface area (Å²) >= 11 is 5.68. The Morgan fingerprint density at radius 3 is 3.05 bits per heavy atom. The van der Waals surface area contributed by atoms with Crippen molar-refractivity contribution in [2.75, 3.05) is 12.4 Å². The van der Waals surface area contributed by atoms with Crippen LogP contribution in [0.3, 0.4) is 0 Å². The van der Waals surface area contributed by atoms with Crippen LogP contribution in [-0.4, -0.2) is 42.8 Å². The second-order valence-electron chi connectivity index (χ2n) is 5.07. The summed E-state index contributed by atoms with van der Waals surface area (Å²) in [6.07, 6.45) is 8.85. The Kier molecular flexibility index (Phi) is 3.88. The minimum atomic E-state index is -0.0524. The van der Waals surface area contributed by atoms with Crippen molar-refractivity contribution in [1.29, 1.82) is 0 Å². The van der Waals surface area contributed by atoms with Crippen LogP contribution in [0.5, 0.6) is 0 Å². The lowest BCUT2D eigenvalue weighted by atomic mass is 10.1. The van der Waals surface area contributed by atoms with Crippen LogP contribution in [0.1, 0.15) is 24.6 Å². The third-order valence-electron chi connectivity index (χ3n) is 3.73. The smallest absolute Gasteiger partial charge is 0.238 e. The standard InChI is InChI=1S/C14H16ClN5O/c1-19-6-4-17-14(19)11-9-16-8-10(18-11)12-3-2-5-20(12)13(21)7-15/h4,6,8-9,12H,2-3,5,7H2,1H3. The number of carbonyl (C=O) groups is 1. The number of carbonyl (C=O) groups excluding carboxylic acids is 1. The number of hydrogen-bond donors (Lipinski definition) is 0. The summed E-state index contributed by atoms with van der Waals surface area (Å²) in [4.78, 5) is 26.9. The highest BCUT2D eigenvalue weighted by Crippen LogP contribution is 2.31. The third kappa shape index (κ3) is 2.63. The van der Waals surface area contributed by atoms with Crippen molar-refractivity contribution < 1.29 is 4.79 Å². The summed E-state index contributed by atoms with van der Waals surface area (Å²) in [6, 6.07) is -0.0380. The van der Waals surface area contributed by atoms with Gasteiger partial charge in [0.1, 0.15) is 11.6 Å². The summed E-state index contributed by atoms with van der Waals surface area (Å²) in [5.41, 5.74) is 1.51. The van der Waals surface area contributed by atoms with Crippen LogP contribution < -0.4 is 0 Å². The predicted molar refractivity (Wildman–Crippen MR) is 78.6 cm³/mol. The molecule has 0 saturated carbocycles. The van der Waals surface area contributed by atoms with Gasteiger partial charge in [0.15, 0.2) is 5.82 Å². The van der Waals surface area contributed by atoms with E-state index in [1.165, 1.54) is 0 Å². The molecule has 0 spiro atoms. The number of aryl methyl sites for hydroxylation is 1. The van der Waals surface area contributed by atoms with Crippen molar-refractivity contribution in [3.05, 3.63) is 30.5 Å². The number of halogens is 1. The van der Waals surface area contributed by atoms with E-state index in [9.17, 15) is 4.79 Å². The lowest BCUT2D eigenvalue weighted by molar-refractivity contribution is -0.129. The van der Waals surface area contributed by atoms with Crippen molar-refractivity contribution >= 4 is 17.5 Å². The number of rotatable bonds is 3. The van der Waals surface area contributed by atoms with Crippen LogP contribution in [0.15, 0.2) is 24.8 Å². The van der Waals surface area contributed by atoms with E-state index in [1.54, 1.807) is 23.5 Å². The summed E-state index contributed by atoms with van der Waals surface area (Å²) in [5, 5.41) is 0. The maximum atomic E-state index is 11.9. The number of hydrogen-bond acceptors (Lipinski definition) is 4. The third-order valence-corrected chi connectivity index (χ3v) is 3.96. The van der Waals surface area contributed by atoms with Gasteiger partial charge < -0.3 is 9.47 Å². The largest absolute Gasteiger partial charge is 0.333 e. The molecule has 1 amide bonds. The fourth-order valence-corrected chi connectivity index (χ4v) is 2.86. The molecule has 2 aromatic rings. The van der Waals surface area contributed by atoms with E-state index in [0.717, 1.165) is 30.9 Å². The molecule has 3 heterocycles. The van der Waals surface area contributed by atoms with E-state index in [2.05, 4.69) is 15.0 Å². The van der Waals surface area contributed by atoms with E-state index in [-0.39, 0.29) is 17.8 Å². The van der Waals surface area contributed by atoms with Crippen LogP contribution in [0.25, 0.3) is 11.5 Å². The van der Waals surface area contributed by atoms with Gasteiger partial charge in [-0.05, 0) is 12.8 Å².